The van der Waals surface area contributed by atoms with Crippen molar-refractivity contribution in [1.29, 1.82) is 0 Å². The second-order valence-corrected chi connectivity index (χ2v) is 9.42. The van der Waals surface area contributed by atoms with Crippen LogP contribution in [0.3, 0.4) is 0 Å². The number of hydrogen-bond acceptors (Lipinski definition) is 6. The average molecular weight is 460 g/mol. The van der Waals surface area contributed by atoms with Crippen molar-refractivity contribution in [1.82, 2.24) is 4.90 Å². The van der Waals surface area contributed by atoms with Gasteiger partial charge in [0, 0.05) is 24.2 Å². The Morgan fingerprint density at radius 1 is 1.12 bits per heavy atom. The van der Waals surface area contributed by atoms with Crippen LogP contribution in [0.25, 0.3) is 0 Å². The maximum absolute atomic E-state index is 14.0. The molecule has 2 aromatic rings. The quantitative estimate of drug-likeness (QED) is 0.431. The number of ether oxygens (including phenoxy) is 1. The minimum absolute atomic E-state index is 0.159. The van der Waals surface area contributed by atoms with Gasteiger partial charge in [-0.05, 0) is 55.6 Å². The van der Waals surface area contributed by atoms with Gasteiger partial charge in [-0.15, -0.1) is 0 Å². The Kier molecular flexibility index (Phi) is 4.48. The standard InChI is InChI=1S/C26H25N3O5/c1-3-15-6-4-7-18-22(15)27-25(33)26(18)21-20(19-8-5-13-28(19)26)23(31)29(24(21)32)16-9-11-17(12-10-16)34-14(2)30/h4,6-7,9-12,19-21H,3,5,8,13H2,1-2H3,(H,27,33). The van der Waals surface area contributed by atoms with Crippen LogP contribution in [0.2, 0.25) is 0 Å². The highest BCUT2D eigenvalue weighted by Gasteiger charge is 2.74. The predicted molar refractivity (Wildman–Crippen MR) is 123 cm³/mol. The zero-order valence-corrected chi connectivity index (χ0v) is 19.0. The molecule has 4 aliphatic rings. The summed E-state index contributed by atoms with van der Waals surface area (Å²) in [6.45, 7) is 4.02. The molecule has 0 radical (unpaired) electrons. The fourth-order valence-corrected chi connectivity index (χ4v) is 6.67. The van der Waals surface area contributed by atoms with Crippen LogP contribution in [0.4, 0.5) is 11.4 Å². The number of esters is 1. The Hall–Kier alpha value is -3.52. The first kappa shape index (κ1) is 21.0. The summed E-state index contributed by atoms with van der Waals surface area (Å²) in [5.74, 6) is -2.30. The van der Waals surface area contributed by atoms with Gasteiger partial charge in [-0.25, -0.2) is 4.90 Å². The minimum Gasteiger partial charge on any atom is -0.427 e. The molecule has 4 atom stereocenters. The zero-order valence-electron chi connectivity index (χ0n) is 19.0. The minimum atomic E-state index is -1.18. The van der Waals surface area contributed by atoms with E-state index in [2.05, 4.69) is 10.2 Å². The van der Waals surface area contributed by atoms with Crippen molar-refractivity contribution in [2.75, 3.05) is 16.8 Å². The van der Waals surface area contributed by atoms with E-state index in [-0.39, 0.29) is 23.8 Å². The van der Waals surface area contributed by atoms with Crippen molar-refractivity contribution < 1.29 is 23.9 Å². The second kappa shape index (κ2) is 7.24. The van der Waals surface area contributed by atoms with E-state index in [1.807, 2.05) is 25.1 Å². The number of imide groups is 1. The van der Waals surface area contributed by atoms with Crippen LogP contribution >= 0.6 is 0 Å². The zero-order chi connectivity index (χ0) is 23.8. The van der Waals surface area contributed by atoms with E-state index in [1.54, 1.807) is 24.3 Å². The van der Waals surface area contributed by atoms with Gasteiger partial charge in [-0.3, -0.25) is 24.1 Å². The molecule has 0 saturated carbocycles. The van der Waals surface area contributed by atoms with Gasteiger partial charge in [0.05, 0.1) is 17.5 Å². The molecule has 0 bridgehead atoms. The maximum Gasteiger partial charge on any atom is 0.308 e. The number of nitrogens with zero attached hydrogens (tertiary/aromatic N) is 2. The van der Waals surface area contributed by atoms with Crippen molar-refractivity contribution in [2.24, 2.45) is 11.8 Å². The lowest BCUT2D eigenvalue weighted by atomic mass is 9.75. The van der Waals surface area contributed by atoms with E-state index >= 15 is 0 Å². The lowest BCUT2D eigenvalue weighted by Gasteiger charge is -2.36. The summed E-state index contributed by atoms with van der Waals surface area (Å²) in [5.41, 5.74) is 1.86. The third-order valence-corrected chi connectivity index (χ3v) is 7.85. The Labute approximate surface area is 196 Å². The lowest BCUT2D eigenvalue weighted by Crippen LogP contribution is -2.54. The summed E-state index contributed by atoms with van der Waals surface area (Å²) >= 11 is 0. The lowest BCUT2D eigenvalue weighted by molar-refractivity contribution is -0.135. The summed E-state index contributed by atoms with van der Waals surface area (Å²) in [5, 5.41) is 3.08. The van der Waals surface area contributed by atoms with Gasteiger partial charge < -0.3 is 10.1 Å². The number of rotatable bonds is 3. The average Bonchev–Trinajstić information content (AvgIpc) is 3.52. The van der Waals surface area contributed by atoms with Crippen molar-refractivity contribution in [3.8, 4) is 5.75 Å². The van der Waals surface area contributed by atoms with Crippen LogP contribution in [0.15, 0.2) is 42.5 Å². The molecule has 4 heterocycles. The number of fused-ring (bicyclic) bond motifs is 7. The number of nitrogens with one attached hydrogen (secondary N) is 1. The fourth-order valence-electron chi connectivity index (χ4n) is 6.67. The Bertz CT molecular complexity index is 1260. The van der Waals surface area contributed by atoms with Crippen molar-refractivity contribution in [2.45, 2.75) is 44.7 Å². The van der Waals surface area contributed by atoms with E-state index in [0.29, 0.717) is 18.0 Å². The summed E-state index contributed by atoms with van der Waals surface area (Å²) in [4.78, 5) is 56.1. The number of hydrogen-bond donors (Lipinski definition) is 1. The molecule has 3 fully saturated rings. The summed E-state index contributed by atoms with van der Waals surface area (Å²) in [6.07, 6.45) is 2.41. The van der Waals surface area contributed by atoms with Crippen LogP contribution in [0, 0.1) is 11.8 Å². The van der Waals surface area contributed by atoms with E-state index in [0.717, 1.165) is 36.1 Å². The highest BCUT2D eigenvalue weighted by molar-refractivity contribution is 6.26. The first-order valence-corrected chi connectivity index (χ1v) is 11.8. The summed E-state index contributed by atoms with van der Waals surface area (Å²) in [6, 6.07) is 12.0. The van der Waals surface area contributed by atoms with Gasteiger partial charge in [0.25, 0.3) is 0 Å². The Morgan fingerprint density at radius 3 is 2.59 bits per heavy atom. The predicted octanol–water partition coefficient (Wildman–Crippen LogP) is 2.61. The number of aryl methyl sites for hydroxylation is 1. The van der Waals surface area contributed by atoms with Gasteiger partial charge in [-0.1, -0.05) is 25.1 Å². The summed E-state index contributed by atoms with van der Waals surface area (Å²) in [7, 11) is 0. The molecule has 34 heavy (non-hydrogen) atoms. The molecule has 4 unspecified atom stereocenters. The van der Waals surface area contributed by atoms with Crippen LogP contribution in [-0.2, 0) is 31.1 Å². The largest absolute Gasteiger partial charge is 0.427 e. The molecule has 1 N–H and O–H groups in total. The van der Waals surface area contributed by atoms with Crippen LogP contribution in [0.1, 0.15) is 37.8 Å². The molecular formula is C26H25N3O5. The van der Waals surface area contributed by atoms with Crippen molar-refractivity contribution >= 4 is 35.1 Å². The third kappa shape index (κ3) is 2.51. The highest BCUT2D eigenvalue weighted by Crippen LogP contribution is 2.61. The van der Waals surface area contributed by atoms with Gasteiger partial charge in [-0.2, -0.15) is 0 Å². The van der Waals surface area contributed by atoms with Crippen LogP contribution in [0.5, 0.6) is 5.75 Å². The first-order chi connectivity index (χ1) is 16.4. The Morgan fingerprint density at radius 2 is 1.88 bits per heavy atom. The number of carbonyl (C=O) groups is 4. The molecular weight excluding hydrogens is 434 g/mol. The fraction of sp³-hybridized carbons (Fsp3) is 0.385. The van der Waals surface area contributed by atoms with E-state index in [9.17, 15) is 19.2 Å². The van der Waals surface area contributed by atoms with Gasteiger partial charge in [0.1, 0.15) is 11.3 Å². The number of benzene rings is 2. The SMILES string of the molecule is CCc1cccc2c1NC(=O)C21C2C(=O)N(c3ccc(OC(C)=O)cc3)C(=O)C2C2CCCN21. The Balaban J connectivity index is 1.47. The summed E-state index contributed by atoms with van der Waals surface area (Å²) < 4.78 is 5.08. The van der Waals surface area contributed by atoms with Gasteiger partial charge in [0.15, 0.2) is 0 Å². The molecule has 8 heteroatoms. The first-order valence-electron chi connectivity index (χ1n) is 11.8. The van der Waals surface area contributed by atoms with E-state index in [4.69, 9.17) is 4.74 Å². The molecule has 1 spiro atoms. The van der Waals surface area contributed by atoms with Crippen LogP contribution < -0.4 is 15.0 Å². The maximum atomic E-state index is 14.0. The smallest absolute Gasteiger partial charge is 0.308 e. The molecule has 0 aliphatic carbocycles. The highest BCUT2D eigenvalue weighted by atomic mass is 16.5. The molecule has 0 aromatic heterocycles. The number of amides is 3. The van der Waals surface area contributed by atoms with Gasteiger partial charge >= 0.3 is 5.97 Å². The molecule has 6 rings (SSSR count). The molecule has 174 valence electrons. The van der Waals surface area contributed by atoms with E-state index < -0.39 is 23.3 Å². The van der Waals surface area contributed by atoms with Gasteiger partial charge in [0.2, 0.25) is 17.7 Å². The number of para-hydroxylation sites is 1. The third-order valence-electron chi connectivity index (χ3n) is 7.85. The molecule has 8 nitrogen and oxygen atoms in total. The molecule has 3 saturated heterocycles. The van der Waals surface area contributed by atoms with Crippen molar-refractivity contribution in [3.63, 3.8) is 0 Å². The van der Waals surface area contributed by atoms with Crippen molar-refractivity contribution in [3.05, 3.63) is 53.6 Å². The number of anilines is 2. The number of carbonyl (C=O) groups excluding carboxylic acids is 4. The van der Waals surface area contributed by atoms with E-state index in [1.165, 1.54) is 11.8 Å². The molecule has 4 aliphatic heterocycles. The van der Waals surface area contributed by atoms with Crippen LogP contribution in [-0.4, -0.2) is 41.2 Å². The monoisotopic (exact) mass is 459 g/mol. The normalized spacial score (nSPS) is 29.4. The molecule has 3 amide bonds. The molecule has 2 aromatic carbocycles. The topological polar surface area (TPSA) is 96.0 Å². The second-order valence-electron chi connectivity index (χ2n) is 9.42.